The molecule has 11 nitrogen and oxygen atoms in total. The van der Waals surface area contributed by atoms with E-state index in [0.717, 1.165) is 9.87 Å². The number of carbonyl (C=O) groups excluding carboxylic acids is 2. The summed E-state index contributed by atoms with van der Waals surface area (Å²) < 4.78 is 49.5. The highest BCUT2D eigenvalue weighted by molar-refractivity contribution is 7.89. The number of furan rings is 1. The van der Waals surface area contributed by atoms with Crippen molar-refractivity contribution in [2.75, 3.05) is 38.9 Å². The number of hydrogen-bond acceptors (Lipinski definition) is 8. The van der Waals surface area contributed by atoms with E-state index in [9.17, 15) is 18.0 Å². The molecule has 0 fully saturated rings. The highest BCUT2D eigenvalue weighted by Gasteiger charge is 2.29. The average Bonchev–Trinajstić information content (AvgIpc) is 3.57. The second-order valence-electron chi connectivity index (χ2n) is 8.55. The van der Waals surface area contributed by atoms with E-state index >= 15 is 0 Å². The van der Waals surface area contributed by atoms with Crippen molar-refractivity contribution in [2.45, 2.75) is 24.9 Å². The van der Waals surface area contributed by atoms with E-state index in [4.69, 9.17) is 18.6 Å². The number of hydrogen-bond donors (Lipinski definition) is 1. The molecule has 1 N–H and O–H groups in total. The van der Waals surface area contributed by atoms with Crippen LogP contribution in [0.1, 0.15) is 18.2 Å². The number of nitrogens with one attached hydrogen (secondary N) is 1. The zero-order valence-corrected chi connectivity index (χ0v) is 21.9. The Balaban J connectivity index is 1.56. The topological polar surface area (TPSA) is 128 Å². The molecule has 2 amide bonds. The lowest BCUT2D eigenvalue weighted by atomic mass is 10.2. The number of ether oxygens (including phenoxy) is 3. The van der Waals surface area contributed by atoms with Crippen LogP contribution in [0.4, 0.5) is 5.69 Å². The molecule has 202 valence electrons. The Hall–Kier alpha value is -3.87. The normalized spacial score (nSPS) is 12.5. The number of fused-ring (bicyclic) bond motifs is 1. The van der Waals surface area contributed by atoms with Crippen LogP contribution < -0.4 is 14.8 Å². The highest BCUT2D eigenvalue weighted by atomic mass is 32.2. The van der Waals surface area contributed by atoms with Crippen LogP contribution in [0.5, 0.6) is 11.5 Å². The molecule has 0 saturated carbocycles. The first-order valence-electron chi connectivity index (χ1n) is 11.8. The summed E-state index contributed by atoms with van der Waals surface area (Å²) in [6.07, 6.45) is 1.51. The van der Waals surface area contributed by atoms with E-state index in [2.05, 4.69) is 5.32 Å². The van der Waals surface area contributed by atoms with Crippen molar-refractivity contribution >= 4 is 27.5 Å². The molecule has 2 aromatic carbocycles. The van der Waals surface area contributed by atoms with Gasteiger partial charge in [0.15, 0.2) is 11.5 Å². The first kappa shape index (κ1) is 27.2. The Morgan fingerprint density at radius 2 is 1.79 bits per heavy atom. The molecule has 0 spiro atoms. The standard InChI is InChI=1S/C26H29N3O8S/c1-19(30)27-21-6-8-23(9-7-21)38(32,33)29(11-13-34-2)17-26(31)28(16-22-4-3-12-35-22)15-20-5-10-24-25(14-20)37-18-36-24/h3-10,12,14H,11,13,15-18H2,1-2H3,(H,27,30). The number of carbonyl (C=O) groups is 2. The molecule has 2 heterocycles. The maximum Gasteiger partial charge on any atom is 0.243 e. The van der Waals surface area contributed by atoms with Gasteiger partial charge in [0, 0.05) is 32.8 Å². The van der Waals surface area contributed by atoms with Crippen molar-refractivity contribution in [1.82, 2.24) is 9.21 Å². The summed E-state index contributed by atoms with van der Waals surface area (Å²) >= 11 is 0. The van der Waals surface area contributed by atoms with E-state index in [1.54, 1.807) is 24.3 Å². The number of anilines is 1. The van der Waals surface area contributed by atoms with Crippen LogP contribution in [0.3, 0.4) is 0 Å². The maximum atomic E-state index is 13.6. The molecule has 1 aliphatic heterocycles. The van der Waals surface area contributed by atoms with Crippen molar-refractivity contribution in [2.24, 2.45) is 0 Å². The minimum Gasteiger partial charge on any atom is -0.467 e. The zero-order chi connectivity index (χ0) is 27.1. The molecule has 1 aromatic heterocycles. The maximum absolute atomic E-state index is 13.6. The van der Waals surface area contributed by atoms with Gasteiger partial charge in [-0.15, -0.1) is 0 Å². The first-order valence-corrected chi connectivity index (χ1v) is 13.3. The predicted octanol–water partition coefficient (Wildman–Crippen LogP) is 2.83. The van der Waals surface area contributed by atoms with Crippen molar-refractivity contribution in [3.8, 4) is 11.5 Å². The van der Waals surface area contributed by atoms with E-state index in [1.807, 2.05) is 6.07 Å². The molecule has 0 radical (unpaired) electrons. The molecule has 12 heteroatoms. The van der Waals surface area contributed by atoms with Gasteiger partial charge in [0.25, 0.3) is 0 Å². The fraction of sp³-hybridized carbons (Fsp3) is 0.308. The Bertz CT molecular complexity index is 1360. The molecule has 0 saturated heterocycles. The second-order valence-corrected chi connectivity index (χ2v) is 10.5. The Morgan fingerprint density at radius 1 is 1.03 bits per heavy atom. The Kier molecular flexibility index (Phi) is 8.66. The Morgan fingerprint density at radius 3 is 2.47 bits per heavy atom. The van der Waals surface area contributed by atoms with E-state index in [0.29, 0.717) is 22.9 Å². The van der Waals surface area contributed by atoms with Crippen LogP contribution in [0, 0.1) is 0 Å². The summed E-state index contributed by atoms with van der Waals surface area (Å²) in [6.45, 7) is 1.48. The number of nitrogens with zero attached hydrogens (tertiary/aromatic N) is 2. The highest BCUT2D eigenvalue weighted by Crippen LogP contribution is 2.33. The van der Waals surface area contributed by atoms with Gasteiger partial charge in [0.05, 0.1) is 30.9 Å². The first-order chi connectivity index (χ1) is 18.3. The SMILES string of the molecule is COCCN(CC(=O)N(Cc1ccc2c(c1)OCO2)Cc1ccco1)S(=O)(=O)c1ccc(NC(C)=O)cc1. The minimum absolute atomic E-state index is 0.0103. The number of benzene rings is 2. The number of sulfonamides is 1. The molecule has 0 atom stereocenters. The van der Waals surface area contributed by atoms with Crippen LogP contribution in [-0.2, 0) is 37.4 Å². The molecule has 0 bridgehead atoms. The lowest BCUT2D eigenvalue weighted by Gasteiger charge is -2.27. The fourth-order valence-electron chi connectivity index (χ4n) is 3.87. The lowest BCUT2D eigenvalue weighted by Crippen LogP contribution is -2.43. The van der Waals surface area contributed by atoms with Gasteiger partial charge in [-0.05, 0) is 54.1 Å². The number of rotatable bonds is 12. The minimum atomic E-state index is -4.06. The summed E-state index contributed by atoms with van der Waals surface area (Å²) in [5.74, 6) is 1.07. The lowest BCUT2D eigenvalue weighted by molar-refractivity contribution is -0.133. The third kappa shape index (κ3) is 6.71. The van der Waals surface area contributed by atoms with Gasteiger partial charge in [0.1, 0.15) is 5.76 Å². The number of amides is 2. The van der Waals surface area contributed by atoms with Crippen molar-refractivity contribution in [1.29, 1.82) is 0 Å². The quantitative estimate of drug-likeness (QED) is 0.369. The van der Waals surface area contributed by atoms with Gasteiger partial charge in [0.2, 0.25) is 28.6 Å². The monoisotopic (exact) mass is 543 g/mol. The van der Waals surface area contributed by atoms with Crippen LogP contribution in [-0.4, -0.2) is 63.0 Å². The van der Waals surface area contributed by atoms with Gasteiger partial charge in [-0.3, -0.25) is 9.59 Å². The Labute approximate surface area is 220 Å². The third-order valence-electron chi connectivity index (χ3n) is 5.76. The van der Waals surface area contributed by atoms with Crippen molar-refractivity contribution in [3.05, 3.63) is 72.2 Å². The molecular formula is C26H29N3O8S. The summed E-state index contributed by atoms with van der Waals surface area (Å²) in [4.78, 5) is 26.4. The van der Waals surface area contributed by atoms with Crippen molar-refractivity contribution in [3.63, 3.8) is 0 Å². The molecule has 1 aliphatic rings. The average molecular weight is 544 g/mol. The fourth-order valence-corrected chi connectivity index (χ4v) is 5.25. The van der Waals surface area contributed by atoms with Gasteiger partial charge >= 0.3 is 0 Å². The zero-order valence-electron chi connectivity index (χ0n) is 21.1. The van der Waals surface area contributed by atoms with Gasteiger partial charge in [-0.2, -0.15) is 4.31 Å². The summed E-state index contributed by atoms with van der Waals surface area (Å²) in [5, 5.41) is 2.60. The predicted molar refractivity (Wildman–Crippen MR) is 137 cm³/mol. The molecule has 38 heavy (non-hydrogen) atoms. The smallest absolute Gasteiger partial charge is 0.243 e. The molecule has 3 aromatic rings. The summed E-state index contributed by atoms with van der Waals surface area (Å²) in [7, 11) is -2.60. The molecule has 4 rings (SSSR count). The van der Waals surface area contributed by atoms with Gasteiger partial charge in [-0.25, -0.2) is 8.42 Å². The van der Waals surface area contributed by atoms with Gasteiger partial charge < -0.3 is 28.8 Å². The van der Waals surface area contributed by atoms with E-state index in [-0.39, 0.29) is 43.8 Å². The van der Waals surface area contributed by atoms with E-state index < -0.39 is 22.5 Å². The van der Waals surface area contributed by atoms with E-state index in [1.165, 1.54) is 49.5 Å². The van der Waals surface area contributed by atoms with Gasteiger partial charge in [-0.1, -0.05) is 6.07 Å². The van der Waals surface area contributed by atoms with Crippen LogP contribution in [0.15, 0.2) is 70.2 Å². The molecular weight excluding hydrogens is 514 g/mol. The molecule has 0 aliphatic carbocycles. The van der Waals surface area contributed by atoms with Crippen LogP contribution in [0.25, 0.3) is 0 Å². The number of methoxy groups -OCH3 is 1. The summed E-state index contributed by atoms with van der Waals surface area (Å²) in [6, 6.07) is 14.6. The van der Waals surface area contributed by atoms with Crippen LogP contribution >= 0.6 is 0 Å². The molecule has 0 unspecified atom stereocenters. The second kappa shape index (κ2) is 12.1. The van der Waals surface area contributed by atoms with Crippen molar-refractivity contribution < 1.29 is 36.6 Å². The summed E-state index contributed by atoms with van der Waals surface area (Å²) in [5.41, 5.74) is 1.25. The largest absolute Gasteiger partial charge is 0.467 e. The van der Waals surface area contributed by atoms with Crippen LogP contribution in [0.2, 0.25) is 0 Å². The third-order valence-corrected chi connectivity index (χ3v) is 7.62.